The number of halogens is 1. The maximum Gasteiger partial charge on any atom is 0.137 e. The van der Waals surface area contributed by atoms with Gasteiger partial charge in [-0.15, -0.1) is 0 Å². The zero-order valence-electron chi connectivity index (χ0n) is 13.0. The fourth-order valence-electron chi connectivity index (χ4n) is 2.31. The predicted molar refractivity (Wildman–Crippen MR) is 85.5 cm³/mol. The number of hydrogen-bond donors (Lipinski definition) is 1. The van der Waals surface area contributed by atoms with Gasteiger partial charge in [-0.1, -0.05) is 38.3 Å². The quantitative estimate of drug-likeness (QED) is 0.724. The van der Waals surface area contributed by atoms with Crippen molar-refractivity contribution in [3.05, 3.63) is 16.5 Å². The third-order valence-corrected chi connectivity index (χ3v) is 4.22. The van der Waals surface area contributed by atoms with E-state index in [0.29, 0.717) is 17.1 Å². The maximum atomic E-state index is 6.23. The van der Waals surface area contributed by atoms with E-state index < -0.39 is 0 Å². The average Bonchev–Trinajstić information content (AvgIpc) is 3.18. The van der Waals surface area contributed by atoms with Crippen LogP contribution in [-0.2, 0) is 0 Å². The summed E-state index contributed by atoms with van der Waals surface area (Å²) in [7, 11) is 0. The number of nitrogens with one attached hydrogen (secondary N) is 1. The molecule has 3 nitrogen and oxygen atoms in total. The molecule has 1 saturated carbocycles. The summed E-state index contributed by atoms with van der Waals surface area (Å²) in [6, 6.07) is 0.422. The van der Waals surface area contributed by atoms with Crippen molar-refractivity contribution < 1.29 is 0 Å². The first-order valence-corrected chi connectivity index (χ1v) is 8.15. The molecule has 0 spiro atoms. The van der Waals surface area contributed by atoms with Gasteiger partial charge in [0, 0.05) is 17.5 Å². The second-order valence-corrected chi connectivity index (χ2v) is 6.85. The minimum atomic E-state index is 0.422. The van der Waals surface area contributed by atoms with E-state index in [1.807, 2.05) is 6.92 Å². The smallest absolute Gasteiger partial charge is 0.137 e. The van der Waals surface area contributed by atoms with Crippen LogP contribution >= 0.6 is 11.6 Å². The Bertz CT molecular complexity index is 455. The highest BCUT2D eigenvalue weighted by Crippen LogP contribution is 2.39. The lowest BCUT2D eigenvalue weighted by Crippen LogP contribution is -2.18. The highest BCUT2D eigenvalue weighted by molar-refractivity contribution is 6.30. The lowest BCUT2D eigenvalue weighted by Gasteiger charge is -2.17. The molecule has 0 radical (unpaired) electrons. The van der Waals surface area contributed by atoms with Crippen LogP contribution in [0.5, 0.6) is 0 Å². The van der Waals surface area contributed by atoms with Crippen LogP contribution in [0.1, 0.15) is 70.2 Å². The lowest BCUT2D eigenvalue weighted by molar-refractivity contribution is 0.519. The molecule has 1 N–H and O–H groups in total. The second kappa shape index (κ2) is 6.75. The van der Waals surface area contributed by atoms with Crippen molar-refractivity contribution in [1.82, 2.24) is 9.97 Å². The second-order valence-electron chi connectivity index (χ2n) is 6.49. The molecule has 1 aromatic rings. The minimum absolute atomic E-state index is 0.422. The molecule has 20 heavy (non-hydrogen) atoms. The predicted octanol–water partition coefficient (Wildman–Crippen LogP) is 4.94. The first-order chi connectivity index (χ1) is 9.47. The monoisotopic (exact) mass is 295 g/mol. The SMILES string of the molecule is Cc1c(Cl)nc(C2CC2)nc1NC(C)CCCC(C)C. The zero-order chi connectivity index (χ0) is 14.7. The molecule has 1 unspecified atom stereocenters. The molecule has 0 saturated heterocycles. The topological polar surface area (TPSA) is 37.8 Å². The van der Waals surface area contributed by atoms with Gasteiger partial charge in [0.1, 0.15) is 16.8 Å². The van der Waals surface area contributed by atoms with Gasteiger partial charge in [-0.2, -0.15) is 0 Å². The fraction of sp³-hybridized carbons (Fsp3) is 0.750. The molecular formula is C16H26ClN3. The molecule has 1 aromatic heterocycles. The third kappa shape index (κ3) is 4.34. The van der Waals surface area contributed by atoms with Crippen molar-refractivity contribution in [2.24, 2.45) is 5.92 Å². The zero-order valence-corrected chi connectivity index (χ0v) is 13.8. The Morgan fingerprint density at radius 3 is 2.50 bits per heavy atom. The van der Waals surface area contributed by atoms with E-state index >= 15 is 0 Å². The Hall–Kier alpha value is -0.830. The first kappa shape index (κ1) is 15.6. The fourth-order valence-corrected chi connectivity index (χ4v) is 2.48. The Balaban J connectivity index is 1.97. The Kier molecular flexibility index (Phi) is 5.25. The number of nitrogens with zero attached hydrogens (tertiary/aromatic N) is 2. The summed E-state index contributed by atoms with van der Waals surface area (Å²) >= 11 is 6.23. The average molecular weight is 296 g/mol. The molecule has 1 fully saturated rings. The first-order valence-electron chi connectivity index (χ1n) is 7.78. The molecule has 112 valence electrons. The van der Waals surface area contributed by atoms with Crippen LogP contribution in [0.3, 0.4) is 0 Å². The third-order valence-electron chi connectivity index (χ3n) is 3.85. The number of rotatable bonds is 7. The number of anilines is 1. The van der Waals surface area contributed by atoms with Crippen LogP contribution in [0.4, 0.5) is 5.82 Å². The van der Waals surface area contributed by atoms with Crippen LogP contribution in [-0.4, -0.2) is 16.0 Å². The van der Waals surface area contributed by atoms with E-state index in [2.05, 4.69) is 36.1 Å². The van der Waals surface area contributed by atoms with Gasteiger partial charge < -0.3 is 5.32 Å². The van der Waals surface area contributed by atoms with Gasteiger partial charge in [-0.3, -0.25) is 0 Å². The van der Waals surface area contributed by atoms with Gasteiger partial charge in [0.15, 0.2) is 0 Å². The van der Waals surface area contributed by atoms with Crippen LogP contribution in [0.15, 0.2) is 0 Å². The standard InChI is InChI=1S/C16H26ClN3/c1-10(2)6-5-7-11(3)18-15-12(4)14(17)19-16(20-15)13-8-9-13/h10-11,13H,5-9H2,1-4H3,(H,18,19,20). The summed E-state index contributed by atoms with van der Waals surface area (Å²) in [5.41, 5.74) is 0.965. The van der Waals surface area contributed by atoms with Gasteiger partial charge in [-0.25, -0.2) is 9.97 Å². The van der Waals surface area contributed by atoms with E-state index in [-0.39, 0.29) is 0 Å². The molecular weight excluding hydrogens is 270 g/mol. The molecule has 1 atom stereocenters. The largest absolute Gasteiger partial charge is 0.367 e. The highest BCUT2D eigenvalue weighted by Gasteiger charge is 2.28. The van der Waals surface area contributed by atoms with Crippen LogP contribution < -0.4 is 5.32 Å². The van der Waals surface area contributed by atoms with Crippen molar-refractivity contribution in [2.75, 3.05) is 5.32 Å². The summed E-state index contributed by atoms with van der Waals surface area (Å²) in [6.07, 6.45) is 6.09. The van der Waals surface area contributed by atoms with E-state index in [1.165, 1.54) is 25.7 Å². The molecule has 1 heterocycles. The molecule has 0 aromatic carbocycles. The Morgan fingerprint density at radius 1 is 1.20 bits per heavy atom. The van der Waals surface area contributed by atoms with Gasteiger partial charge >= 0.3 is 0 Å². The summed E-state index contributed by atoms with van der Waals surface area (Å²) < 4.78 is 0. The van der Waals surface area contributed by atoms with E-state index in [0.717, 1.165) is 29.5 Å². The number of hydrogen-bond acceptors (Lipinski definition) is 3. The van der Waals surface area contributed by atoms with Gasteiger partial charge in [0.25, 0.3) is 0 Å². The van der Waals surface area contributed by atoms with Crippen molar-refractivity contribution in [1.29, 1.82) is 0 Å². The van der Waals surface area contributed by atoms with Crippen LogP contribution in [0.25, 0.3) is 0 Å². The van der Waals surface area contributed by atoms with E-state index in [9.17, 15) is 0 Å². The molecule has 0 bridgehead atoms. The van der Waals surface area contributed by atoms with Crippen molar-refractivity contribution >= 4 is 17.4 Å². The van der Waals surface area contributed by atoms with Gasteiger partial charge in [-0.05, 0) is 39.0 Å². The summed E-state index contributed by atoms with van der Waals surface area (Å²) in [5, 5.41) is 4.11. The molecule has 1 aliphatic carbocycles. The van der Waals surface area contributed by atoms with Crippen molar-refractivity contribution in [3.63, 3.8) is 0 Å². The van der Waals surface area contributed by atoms with E-state index in [1.54, 1.807) is 0 Å². The molecule has 1 aliphatic rings. The number of aromatic nitrogens is 2. The summed E-state index contributed by atoms with van der Waals surface area (Å²) in [6.45, 7) is 8.75. The molecule has 4 heteroatoms. The molecule has 2 rings (SSSR count). The Morgan fingerprint density at radius 2 is 1.90 bits per heavy atom. The van der Waals surface area contributed by atoms with Crippen LogP contribution in [0, 0.1) is 12.8 Å². The van der Waals surface area contributed by atoms with Crippen molar-refractivity contribution in [3.8, 4) is 0 Å². The Labute approximate surface area is 127 Å². The van der Waals surface area contributed by atoms with Crippen molar-refractivity contribution in [2.45, 2.75) is 71.8 Å². The summed E-state index contributed by atoms with van der Waals surface area (Å²) in [4.78, 5) is 9.07. The molecule has 0 amide bonds. The normalized spacial score (nSPS) is 16.5. The van der Waals surface area contributed by atoms with Gasteiger partial charge in [0.2, 0.25) is 0 Å². The summed E-state index contributed by atoms with van der Waals surface area (Å²) in [5.74, 6) is 3.14. The lowest BCUT2D eigenvalue weighted by atomic mass is 10.0. The van der Waals surface area contributed by atoms with E-state index in [4.69, 9.17) is 11.6 Å². The molecule has 0 aliphatic heterocycles. The highest BCUT2D eigenvalue weighted by atomic mass is 35.5. The van der Waals surface area contributed by atoms with Crippen LogP contribution in [0.2, 0.25) is 5.15 Å². The maximum absolute atomic E-state index is 6.23. The van der Waals surface area contributed by atoms with Gasteiger partial charge in [0.05, 0.1) is 0 Å². The minimum Gasteiger partial charge on any atom is -0.367 e.